The van der Waals surface area contributed by atoms with Gasteiger partial charge < -0.3 is 0 Å². The van der Waals surface area contributed by atoms with Gasteiger partial charge in [-0.15, -0.1) is 0 Å². The minimum absolute atomic E-state index is 0.583. The van der Waals surface area contributed by atoms with E-state index < -0.39 is 0 Å². The third kappa shape index (κ3) is 2.50. The zero-order valence-electron chi connectivity index (χ0n) is 9.19. The molecule has 1 saturated carbocycles. The van der Waals surface area contributed by atoms with E-state index in [2.05, 4.69) is 27.7 Å². The molecule has 0 N–H and O–H groups in total. The van der Waals surface area contributed by atoms with Gasteiger partial charge in [0, 0.05) is 0 Å². The zero-order valence-corrected chi connectivity index (χ0v) is 9.19. The predicted octanol–water partition coefficient (Wildman–Crippen LogP) is 4.25. The number of hydrogen-bond acceptors (Lipinski definition) is 0. The molecule has 1 aliphatic carbocycles. The van der Waals surface area contributed by atoms with Gasteiger partial charge in [-0.1, -0.05) is 53.4 Å². The standard InChI is InChI=1S/C12H24/c1-10-7-5-6-8-11(2)12(3,4)9-10/h10-11H,5-9H2,1-4H3. The Morgan fingerprint density at radius 1 is 1.00 bits per heavy atom. The van der Waals surface area contributed by atoms with Crippen LogP contribution in [0.5, 0.6) is 0 Å². The number of rotatable bonds is 0. The highest BCUT2D eigenvalue weighted by molar-refractivity contribution is 4.79. The molecular formula is C12H24. The summed E-state index contributed by atoms with van der Waals surface area (Å²) in [5.74, 6) is 1.86. The molecule has 0 aromatic carbocycles. The molecule has 0 radical (unpaired) electrons. The van der Waals surface area contributed by atoms with Crippen molar-refractivity contribution in [1.29, 1.82) is 0 Å². The molecule has 0 heterocycles. The van der Waals surface area contributed by atoms with Gasteiger partial charge >= 0.3 is 0 Å². The fourth-order valence-corrected chi connectivity index (χ4v) is 2.54. The highest BCUT2D eigenvalue weighted by Crippen LogP contribution is 2.39. The van der Waals surface area contributed by atoms with Crippen LogP contribution < -0.4 is 0 Å². The maximum atomic E-state index is 2.44. The van der Waals surface area contributed by atoms with Gasteiger partial charge in [-0.3, -0.25) is 0 Å². The van der Waals surface area contributed by atoms with Crippen molar-refractivity contribution in [3.63, 3.8) is 0 Å². The van der Waals surface area contributed by atoms with Crippen molar-refractivity contribution in [3.8, 4) is 0 Å². The van der Waals surface area contributed by atoms with E-state index >= 15 is 0 Å². The van der Waals surface area contributed by atoms with Crippen molar-refractivity contribution < 1.29 is 0 Å². The number of hydrogen-bond donors (Lipinski definition) is 0. The van der Waals surface area contributed by atoms with E-state index in [4.69, 9.17) is 0 Å². The molecule has 0 amide bonds. The van der Waals surface area contributed by atoms with Crippen molar-refractivity contribution in [2.75, 3.05) is 0 Å². The Hall–Kier alpha value is 0. The van der Waals surface area contributed by atoms with Crippen LogP contribution in [0.2, 0.25) is 0 Å². The van der Waals surface area contributed by atoms with Gasteiger partial charge in [0.05, 0.1) is 0 Å². The van der Waals surface area contributed by atoms with E-state index in [1.165, 1.54) is 32.1 Å². The van der Waals surface area contributed by atoms with E-state index in [0.717, 1.165) is 11.8 Å². The van der Waals surface area contributed by atoms with Crippen LogP contribution in [0.1, 0.15) is 59.8 Å². The summed E-state index contributed by atoms with van der Waals surface area (Å²) in [6.07, 6.45) is 7.24. The molecule has 0 bridgehead atoms. The Morgan fingerprint density at radius 3 is 2.25 bits per heavy atom. The summed E-state index contributed by atoms with van der Waals surface area (Å²) in [6.45, 7) is 9.73. The van der Waals surface area contributed by atoms with Gasteiger partial charge in [0.25, 0.3) is 0 Å². The lowest BCUT2D eigenvalue weighted by molar-refractivity contribution is 0.146. The zero-order chi connectivity index (χ0) is 9.19. The van der Waals surface area contributed by atoms with Crippen LogP contribution in [0.3, 0.4) is 0 Å². The maximum absolute atomic E-state index is 2.44. The van der Waals surface area contributed by atoms with E-state index in [1.807, 2.05) is 0 Å². The second kappa shape index (κ2) is 3.81. The molecule has 0 aromatic rings. The smallest absolute Gasteiger partial charge is 0.0326 e. The summed E-state index contributed by atoms with van der Waals surface area (Å²) < 4.78 is 0. The molecule has 0 saturated heterocycles. The van der Waals surface area contributed by atoms with Crippen LogP contribution in [0.4, 0.5) is 0 Å². The van der Waals surface area contributed by atoms with Crippen molar-refractivity contribution in [2.24, 2.45) is 17.3 Å². The van der Waals surface area contributed by atoms with E-state index in [9.17, 15) is 0 Å². The second-order valence-corrected chi connectivity index (χ2v) is 5.48. The van der Waals surface area contributed by atoms with E-state index in [0.29, 0.717) is 5.41 Å². The molecule has 0 aromatic heterocycles. The Kier molecular flexibility index (Phi) is 3.20. The quantitative estimate of drug-likeness (QED) is 0.507. The normalized spacial score (nSPS) is 37.0. The molecule has 2 atom stereocenters. The molecule has 1 aliphatic rings. The van der Waals surface area contributed by atoms with Gasteiger partial charge in [-0.2, -0.15) is 0 Å². The van der Waals surface area contributed by atoms with E-state index in [1.54, 1.807) is 0 Å². The van der Waals surface area contributed by atoms with Gasteiger partial charge in [-0.05, 0) is 23.7 Å². The molecule has 0 spiro atoms. The minimum Gasteiger partial charge on any atom is -0.0625 e. The fraction of sp³-hybridized carbons (Fsp3) is 1.00. The van der Waals surface area contributed by atoms with Crippen LogP contribution in [0, 0.1) is 17.3 Å². The lowest BCUT2D eigenvalue weighted by Crippen LogP contribution is -2.25. The SMILES string of the molecule is CC1CCCCC(C)C(C)(C)C1. The summed E-state index contributed by atoms with van der Waals surface area (Å²) in [4.78, 5) is 0. The first kappa shape index (κ1) is 10.1. The average molecular weight is 168 g/mol. The summed E-state index contributed by atoms with van der Waals surface area (Å²) in [7, 11) is 0. The highest BCUT2D eigenvalue weighted by Gasteiger charge is 2.28. The molecule has 0 nitrogen and oxygen atoms in total. The maximum Gasteiger partial charge on any atom is -0.0326 e. The van der Waals surface area contributed by atoms with Gasteiger partial charge in [0.1, 0.15) is 0 Å². The largest absolute Gasteiger partial charge is 0.0625 e. The van der Waals surface area contributed by atoms with Crippen LogP contribution in [-0.2, 0) is 0 Å². The molecular weight excluding hydrogens is 144 g/mol. The molecule has 12 heavy (non-hydrogen) atoms. The molecule has 1 rings (SSSR count). The third-order valence-corrected chi connectivity index (χ3v) is 3.79. The topological polar surface area (TPSA) is 0 Å². The fourth-order valence-electron chi connectivity index (χ4n) is 2.54. The van der Waals surface area contributed by atoms with Crippen molar-refractivity contribution in [3.05, 3.63) is 0 Å². The van der Waals surface area contributed by atoms with Crippen molar-refractivity contribution in [1.82, 2.24) is 0 Å². The van der Waals surface area contributed by atoms with Gasteiger partial charge in [0.2, 0.25) is 0 Å². The predicted molar refractivity (Wildman–Crippen MR) is 55.2 cm³/mol. The Bertz CT molecular complexity index is 135. The Labute approximate surface area is 77.7 Å². The van der Waals surface area contributed by atoms with Crippen LogP contribution in [-0.4, -0.2) is 0 Å². The first-order chi connectivity index (χ1) is 5.52. The third-order valence-electron chi connectivity index (χ3n) is 3.79. The van der Waals surface area contributed by atoms with Crippen LogP contribution in [0.25, 0.3) is 0 Å². The molecule has 1 fully saturated rings. The monoisotopic (exact) mass is 168 g/mol. The minimum atomic E-state index is 0.583. The van der Waals surface area contributed by atoms with Crippen molar-refractivity contribution in [2.45, 2.75) is 59.8 Å². The lowest BCUT2D eigenvalue weighted by Gasteiger charge is -2.36. The van der Waals surface area contributed by atoms with Gasteiger partial charge in [0.15, 0.2) is 0 Å². The molecule has 72 valence electrons. The first-order valence-corrected chi connectivity index (χ1v) is 5.52. The summed E-state index contributed by atoms with van der Waals surface area (Å²) >= 11 is 0. The van der Waals surface area contributed by atoms with Crippen LogP contribution in [0.15, 0.2) is 0 Å². The van der Waals surface area contributed by atoms with Gasteiger partial charge in [-0.25, -0.2) is 0 Å². The first-order valence-electron chi connectivity index (χ1n) is 5.52. The summed E-state index contributed by atoms with van der Waals surface area (Å²) in [6, 6.07) is 0. The van der Waals surface area contributed by atoms with Crippen LogP contribution >= 0.6 is 0 Å². The average Bonchev–Trinajstić information content (AvgIpc) is 1.95. The molecule has 2 unspecified atom stereocenters. The van der Waals surface area contributed by atoms with E-state index in [-0.39, 0.29) is 0 Å². The second-order valence-electron chi connectivity index (χ2n) is 5.48. The molecule has 0 aliphatic heterocycles. The Balaban J connectivity index is 2.57. The van der Waals surface area contributed by atoms with Crippen molar-refractivity contribution >= 4 is 0 Å². The lowest BCUT2D eigenvalue weighted by atomic mass is 9.69. The molecule has 0 heteroatoms. The summed E-state index contributed by atoms with van der Waals surface area (Å²) in [5, 5.41) is 0. The highest BCUT2D eigenvalue weighted by atomic mass is 14.3. The summed E-state index contributed by atoms with van der Waals surface area (Å²) in [5.41, 5.74) is 0.583. The Morgan fingerprint density at radius 2 is 1.58 bits per heavy atom.